The number of rotatable bonds is 4. The van der Waals surface area contributed by atoms with Crippen molar-refractivity contribution in [1.82, 2.24) is 13.7 Å². The fourth-order valence-electron chi connectivity index (χ4n) is 8.93. The summed E-state index contributed by atoms with van der Waals surface area (Å²) in [7, 11) is 0. The summed E-state index contributed by atoms with van der Waals surface area (Å²) < 4.78 is 6.79. The maximum Gasteiger partial charge on any atom is 0.195 e. The number of aromatic nitrogens is 3. The quantitative estimate of drug-likeness (QED) is 0.167. The summed E-state index contributed by atoms with van der Waals surface area (Å²) in [5, 5.41) is 17.4. The number of benzene rings is 8. The maximum absolute atomic E-state index is 10.7. The standard InChI is InChI=1S/C51H28N6/c1-53-33-22-27-48-42(29-33)39-14-5-7-16-44(39)55(48)34-23-25-36(32(28-34)31-52)41-30-35(24-26-43(41)54-2)56-47-19-10-6-15-40(47)51-49(56)20-11-21-50(51)57-45-17-8-3-12-37(45)38-13-4-9-18-46(38)57/h3-30H. The van der Waals surface area contributed by atoms with Crippen molar-refractivity contribution in [2.45, 2.75) is 0 Å². The number of hydrogen-bond donors (Lipinski definition) is 0. The van der Waals surface area contributed by atoms with Crippen LogP contribution in [-0.2, 0) is 0 Å². The number of nitriles is 1. The molecule has 0 aliphatic carbocycles. The van der Waals surface area contributed by atoms with E-state index in [9.17, 15) is 5.26 Å². The normalized spacial score (nSPS) is 11.5. The molecule has 0 atom stereocenters. The van der Waals surface area contributed by atoms with E-state index in [0.29, 0.717) is 28.1 Å². The summed E-state index contributed by atoms with van der Waals surface area (Å²) >= 11 is 0. The van der Waals surface area contributed by atoms with Gasteiger partial charge in [-0.05, 0) is 89.3 Å². The van der Waals surface area contributed by atoms with Gasteiger partial charge in [0.25, 0.3) is 0 Å². The molecule has 0 N–H and O–H groups in total. The predicted molar refractivity (Wildman–Crippen MR) is 232 cm³/mol. The SMILES string of the molecule is [C-]#[N+]c1ccc2c(c1)c1ccccc1n2-c1ccc(-c2cc(-n3c4ccccc4c4c(-n5c6ccccc6c6ccccc65)cccc43)ccc2[N+]#[C-])c(C#N)c1. The molecule has 3 aromatic heterocycles. The van der Waals surface area contributed by atoms with Gasteiger partial charge in [-0.25, -0.2) is 9.69 Å². The summed E-state index contributed by atoms with van der Waals surface area (Å²) in [6, 6.07) is 60.2. The molecule has 0 aliphatic rings. The summed E-state index contributed by atoms with van der Waals surface area (Å²) in [5.74, 6) is 0. The Bertz CT molecular complexity index is 3580. The Morgan fingerprint density at radius 3 is 1.63 bits per heavy atom. The van der Waals surface area contributed by atoms with Crippen molar-refractivity contribution in [2.75, 3.05) is 0 Å². The molecule has 11 rings (SSSR count). The van der Waals surface area contributed by atoms with Crippen LogP contribution in [0.25, 0.3) is 103 Å². The fraction of sp³-hybridized carbons (Fsp3) is 0. The molecule has 0 unspecified atom stereocenters. The van der Waals surface area contributed by atoms with Gasteiger partial charge in [-0.1, -0.05) is 97.1 Å². The Morgan fingerprint density at radius 1 is 0.421 bits per heavy atom. The van der Waals surface area contributed by atoms with Gasteiger partial charge in [-0.2, -0.15) is 5.26 Å². The Balaban J connectivity index is 1.12. The van der Waals surface area contributed by atoms with Gasteiger partial charge in [0.1, 0.15) is 0 Å². The first-order valence-corrected chi connectivity index (χ1v) is 18.6. The van der Waals surface area contributed by atoms with E-state index < -0.39 is 0 Å². The first kappa shape index (κ1) is 32.1. The lowest BCUT2D eigenvalue weighted by Gasteiger charge is -2.15. The van der Waals surface area contributed by atoms with Crippen molar-refractivity contribution < 1.29 is 0 Å². The van der Waals surface area contributed by atoms with Crippen molar-refractivity contribution in [2.24, 2.45) is 0 Å². The Labute approximate surface area is 327 Å². The van der Waals surface area contributed by atoms with E-state index >= 15 is 0 Å². The molecule has 3 heterocycles. The summed E-state index contributed by atoms with van der Waals surface area (Å²) in [6.07, 6.45) is 0. The van der Waals surface area contributed by atoms with Crippen LogP contribution in [0.1, 0.15) is 5.56 Å². The highest BCUT2D eigenvalue weighted by Gasteiger charge is 2.21. The minimum atomic E-state index is 0.467. The molecule has 0 radical (unpaired) electrons. The highest BCUT2D eigenvalue weighted by atomic mass is 15.0. The zero-order chi connectivity index (χ0) is 38.2. The molecule has 0 saturated carbocycles. The van der Waals surface area contributed by atoms with Gasteiger partial charge in [0.05, 0.1) is 63.6 Å². The Hall–Kier alpha value is -8.37. The molecule has 6 nitrogen and oxygen atoms in total. The topological polar surface area (TPSA) is 47.3 Å². The molecule has 11 aromatic rings. The van der Waals surface area contributed by atoms with Gasteiger partial charge >= 0.3 is 0 Å². The molecular formula is C51H28N6. The van der Waals surface area contributed by atoms with E-state index in [1.807, 2.05) is 60.7 Å². The van der Waals surface area contributed by atoms with Crippen LogP contribution in [0.15, 0.2) is 170 Å². The lowest BCUT2D eigenvalue weighted by Crippen LogP contribution is -1.98. The second kappa shape index (κ2) is 12.3. The third kappa shape index (κ3) is 4.61. The van der Waals surface area contributed by atoms with Crippen LogP contribution in [0, 0.1) is 24.5 Å². The van der Waals surface area contributed by atoms with Gasteiger partial charge in [0.15, 0.2) is 11.4 Å². The van der Waals surface area contributed by atoms with E-state index in [2.05, 4.69) is 139 Å². The van der Waals surface area contributed by atoms with E-state index in [0.717, 1.165) is 71.7 Å². The Morgan fingerprint density at radius 2 is 0.965 bits per heavy atom. The van der Waals surface area contributed by atoms with Crippen LogP contribution >= 0.6 is 0 Å². The molecule has 0 bridgehead atoms. The molecule has 0 saturated heterocycles. The predicted octanol–water partition coefficient (Wildman–Crippen LogP) is 13.6. The minimum absolute atomic E-state index is 0.467. The summed E-state index contributed by atoms with van der Waals surface area (Å²) in [6.45, 7) is 15.8. The van der Waals surface area contributed by atoms with Gasteiger partial charge in [0.2, 0.25) is 0 Å². The average molecular weight is 725 g/mol. The molecule has 8 aromatic carbocycles. The van der Waals surface area contributed by atoms with Crippen LogP contribution in [-0.4, -0.2) is 13.7 Å². The molecule has 0 amide bonds. The van der Waals surface area contributed by atoms with Crippen LogP contribution in [0.5, 0.6) is 0 Å². The van der Waals surface area contributed by atoms with Gasteiger partial charge in [-0.15, -0.1) is 0 Å². The lowest BCUT2D eigenvalue weighted by molar-refractivity contribution is 1.17. The molecule has 0 spiro atoms. The monoisotopic (exact) mass is 724 g/mol. The van der Waals surface area contributed by atoms with Gasteiger partial charge in [0, 0.05) is 38.3 Å². The number of para-hydroxylation sites is 4. The molecule has 0 aliphatic heterocycles. The number of nitrogens with zero attached hydrogens (tertiary/aromatic N) is 6. The zero-order valence-electron chi connectivity index (χ0n) is 30.3. The van der Waals surface area contributed by atoms with Crippen molar-refractivity contribution in [3.8, 4) is 34.3 Å². The van der Waals surface area contributed by atoms with Crippen LogP contribution in [0.3, 0.4) is 0 Å². The van der Waals surface area contributed by atoms with Crippen LogP contribution < -0.4 is 0 Å². The largest absolute Gasteiger partial charge is 0.309 e. The first-order chi connectivity index (χ1) is 28.2. The minimum Gasteiger partial charge on any atom is -0.309 e. The van der Waals surface area contributed by atoms with E-state index in [1.165, 1.54) is 10.8 Å². The van der Waals surface area contributed by atoms with Crippen molar-refractivity contribution in [1.29, 1.82) is 5.26 Å². The zero-order valence-corrected chi connectivity index (χ0v) is 30.3. The first-order valence-electron chi connectivity index (χ1n) is 18.6. The van der Waals surface area contributed by atoms with Crippen LogP contribution in [0.4, 0.5) is 11.4 Å². The second-order valence-electron chi connectivity index (χ2n) is 14.2. The van der Waals surface area contributed by atoms with E-state index in [4.69, 9.17) is 13.1 Å². The van der Waals surface area contributed by atoms with E-state index in [1.54, 1.807) is 0 Å². The van der Waals surface area contributed by atoms with Crippen LogP contribution in [0.2, 0.25) is 0 Å². The van der Waals surface area contributed by atoms with Crippen molar-refractivity contribution in [3.05, 3.63) is 198 Å². The molecule has 57 heavy (non-hydrogen) atoms. The highest BCUT2D eigenvalue weighted by molar-refractivity contribution is 6.16. The molecule has 262 valence electrons. The molecular weight excluding hydrogens is 697 g/mol. The maximum atomic E-state index is 10.7. The third-order valence-electron chi connectivity index (χ3n) is 11.3. The average Bonchev–Trinajstić information content (AvgIpc) is 3.91. The molecule has 6 heteroatoms. The van der Waals surface area contributed by atoms with Crippen molar-refractivity contribution >= 4 is 76.8 Å². The van der Waals surface area contributed by atoms with Gasteiger partial charge in [-0.3, -0.25) is 0 Å². The second-order valence-corrected chi connectivity index (χ2v) is 14.2. The number of fused-ring (bicyclic) bond motifs is 9. The molecule has 0 fully saturated rings. The third-order valence-corrected chi connectivity index (χ3v) is 11.3. The van der Waals surface area contributed by atoms with Gasteiger partial charge < -0.3 is 13.7 Å². The smallest absolute Gasteiger partial charge is 0.195 e. The van der Waals surface area contributed by atoms with E-state index in [-0.39, 0.29) is 0 Å². The summed E-state index contributed by atoms with van der Waals surface area (Å²) in [5.41, 5.74) is 12.0. The van der Waals surface area contributed by atoms with Crippen molar-refractivity contribution in [3.63, 3.8) is 0 Å². The Kier molecular flexibility index (Phi) is 6.95. The fourth-order valence-corrected chi connectivity index (χ4v) is 8.93. The lowest BCUT2D eigenvalue weighted by atomic mass is 9.97. The highest BCUT2D eigenvalue weighted by Crippen LogP contribution is 2.42. The number of hydrogen-bond acceptors (Lipinski definition) is 1. The summed E-state index contributed by atoms with van der Waals surface area (Å²) in [4.78, 5) is 7.61.